The lowest BCUT2D eigenvalue weighted by Gasteiger charge is -2.23. The molecule has 1 unspecified atom stereocenters. The summed E-state index contributed by atoms with van der Waals surface area (Å²) in [4.78, 5) is 13.5. The van der Waals surface area contributed by atoms with Crippen LogP contribution in [-0.2, 0) is 4.74 Å². The predicted octanol–water partition coefficient (Wildman–Crippen LogP) is 2.66. The van der Waals surface area contributed by atoms with Crippen LogP contribution in [0.5, 0.6) is 5.75 Å². The summed E-state index contributed by atoms with van der Waals surface area (Å²) in [6.07, 6.45) is 7.39. The molecule has 8 nitrogen and oxygen atoms in total. The summed E-state index contributed by atoms with van der Waals surface area (Å²) in [5.41, 5.74) is 3.27. The number of rotatable bonds is 8. The van der Waals surface area contributed by atoms with E-state index in [-0.39, 0.29) is 6.23 Å². The molecule has 1 aliphatic rings. The van der Waals surface area contributed by atoms with E-state index in [9.17, 15) is 5.02 Å². The van der Waals surface area contributed by atoms with Gasteiger partial charge in [-0.1, -0.05) is 12.1 Å². The molecule has 1 saturated heterocycles. The van der Waals surface area contributed by atoms with Crippen LogP contribution in [0.2, 0.25) is 6.82 Å². The zero-order valence-corrected chi connectivity index (χ0v) is 16.6. The van der Waals surface area contributed by atoms with Crippen molar-refractivity contribution in [3.8, 4) is 17.0 Å². The van der Waals surface area contributed by atoms with Gasteiger partial charge in [0.05, 0.1) is 12.9 Å². The van der Waals surface area contributed by atoms with Crippen molar-refractivity contribution in [1.29, 1.82) is 0 Å². The molecule has 0 bridgehead atoms. The molecular formula is C20H26BN5O3. The van der Waals surface area contributed by atoms with Crippen LogP contribution >= 0.6 is 0 Å². The van der Waals surface area contributed by atoms with Gasteiger partial charge < -0.3 is 19.7 Å². The Morgan fingerprint density at radius 2 is 2.24 bits per heavy atom. The van der Waals surface area contributed by atoms with Crippen molar-refractivity contribution >= 4 is 18.2 Å². The molecule has 0 amide bonds. The maximum atomic E-state index is 9.22. The number of nitrogens with one attached hydrogen (secondary N) is 1. The molecule has 2 N–H and O–H groups in total. The standard InChI is InChI=1S/C20H26BN5O3/c1-21(27)25-9-5-11-28-16-7-4-6-15(12-16)18-19-20(23-13-22-18)26(14-24-19)17-8-2-3-10-29-17/h4,6-7,12-14,17,25,27H,2-3,5,8-11H2,1H3. The fourth-order valence-corrected chi connectivity index (χ4v) is 3.52. The summed E-state index contributed by atoms with van der Waals surface area (Å²) in [5.74, 6) is 0.779. The number of nitrogens with zero attached hydrogens (tertiary/aromatic N) is 4. The van der Waals surface area contributed by atoms with Crippen LogP contribution in [0.3, 0.4) is 0 Å². The topological polar surface area (TPSA) is 94.3 Å². The number of hydrogen-bond acceptors (Lipinski definition) is 7. The van der Waals surface area contributed by atoms with Gasteiger partial charge in [-0.25, -0.2) is 15.0 Å². The molecule has 0 spiro atoms. The molecule has 29 heavy (non-hydrogen) atoms. The first-order valence-corrected chi connectivity index (χ1v) is 10.2. The Morgan fingerprint density at radius 1 is 1.31 bits per heavy atom. The van der Waals surface area contributed by atoms with Gasteiger partial charge in [-0.2, -0.15) is 0 Å². The van der Waals surface area contributed by atoms with Gasteiger partial charge in [-0.15, -0.1) is 0 Å². The highest BCUT2D eigenvalue weighted by atomic mass is 16.5. The van der Waals surface area contributed by atoms with E-state index >= 15 is 0 Å². The number of aromatic nitrogens is 4. The van der Waals surface area contributed by atoms with Crippen molar-refractivity contribution in [3.05, 3.63) is 36.9 Å². The van der Waals surface area contributed by atoms with Crippen LogP contribution < -0.4 is 9.96 Å². The van der Waals surface area contributed by atoms with Crippen molar-refractivity contribution in [3.63, 3.8) is 0 Å². The van der Waals surface area contributed by atoms with Crippen LogP contribution in [0.1, 0.15) is 31.9 Å². The molecule has 3 aromatic rings. The van der Waals surface area contributed by atoms with Gasteiger partial charge >= 0.3 is 7.05 Å². The minimum atomic E-state index is -0.502. The molecule has 2 aromatic heterocycles. The Bertz CT molecular complexity index is 943. The Labute approximate surface area is 170 Å². The van der Waals surface area contributed by atoms with E-state index in [4.69, 9.17) is 9.47 Å². The number of benzene rings is 1. The third-order valence-electron chi connectivity index (χ3n) is 4.96. The lowest BCUT2D eigenvalue weighted by Crippen LogP contribution is -2.31. The maximum absolute atomic E-state index is 9.22. The van der Waals surface area contributed by atoms with Gasteiger partial charge in [-0.05, 0) is 51.2 Å². The van der Waals surface area contributed by atoms with Gasteiger partial charge in [0.1, 0.15) is 29.5 Å². The lowest BCUT2D eigenvalue weighted by atomic mass is 9.89. The second-order valence-corrected chi connectivity index (χ2v) is 7.23. The Kier molecular flexibility index (Phi) is 6.38. The molecule has 0 saturated carbocycles. The molecule has 4 rings (SSSR count). The quantitative estimate of drug-likeness (QED) is 0.447. The van der Waals surface area contributed by atoms with Crippen LogP contribution in [-0.4, -0.2) is 51.4 Å². The third kappa shape index (κ3) is 4.75. The van der Waals surface area contributed by atoms with Crippen molar-refractivity contribution in [2.75, 3.05) is 19.8 Å². The van der Waals surface area contributed by atoms with Crippen LogP contribution in [0, 0.1) is 0 Å². The minimum absolute atomic E-state index is 0.0126. The monoisotopic (exact) mass is 395 g/mol. The SMILES string of the molecule is CB(O)NCCCOc1cccc(-c2ncnc3c2ncn3C2CCCCO2)c1. The Hall–Kier alpha value is -2.49. The average molecular weight is 395 g/mol. The van der Waals surface area contributed by atoms with E-state index in [1.165, 1.54) is 0 Å². The summed E-state index contributed by atoms with van der Waals surface area (Å²) >= 11 is 0. The summed E-state index contributed by atoms with van der Waals surface area (Å²) in [6.45, 7) is 3.74. The van der Waals surface area contributed by atoms with E-state index in [0.29, 0.717) is 13.2 Å². The van der Waals surface area contributed by atoms with E-state index in [1.807, 2.05) is 28.8 Å². The Morgan fingerprint density at radius 3 is 3.07 bits per heavy atom. The van der Waals surface area contributed by atoms with Crippen molar-refractivity contribution < 1.29 is 14.5 Å². The molecule has 1 fully saturated rings. The highest BCUT2D eigenvalue weighted by Gasteiger charge is 2.20. The van der Waals surface area contributed by atoms with E-state index in [0.717, 1.165) is 60.5 Å². The summed E-state index contributed by atoms with van der Waals surface area (Å²) in [6, 6.07) is 7.85. The zero-order valence-electron chi connectivity index (χ0n) is 16.6. The zero-order chi connectivity index (χ0) is 20.1. The summed E-state index contributed by atoms with van der Waals surface area (Å²) in [7, 11) is -0.502. The van der Waals surface area contributed by atoms with Gasteiger partial charge in [0, 0.05) is 12.2 Å². The van der Waals surface area contributed by atoms with E-state index < -0.39 is 7.05 Å². The molecule has 1 aliphatic heterocycles. The predicted molar refractivity (Wildman–Crippen MR) is 112 cm³/mol. The molecule has 3 heterocycles. The molecular weight excluding hydrogens is 369 g/mol. The number of ether oxygens (including phenoxy) is 2. The second kappa shape index (κ2) is 9.34. The van der Waals surface area contributed by atoms with Gasteiger partial charge in [-0.3, -0.25) is 4.57 Å². The summed E-state index contributed by atoms with van der Waals surface area (Å²) < 4.78 is 13.8. The Balaban J connectivity index is 1.51. The van der Waals surface area contributed by atoms with Gasteiger partial charge in [0.25, 0.3) is 0 Å². The number of hydrogen-bond donors (Lipinski definition) is 2. The molecule has 1 aromatic carbocycles. The minimum Gasteiger partial charge on any atom is -0.494 e. The average Bonchev–Trinajstić information content (AvgIpc) is 3.18. The van der Waals surface area contributed by atoms with Crippen LogP contribution in [0.15, 0.2) is 36.9 Å². The third-order valence-corrected chi connectivity index (χ3v) is 4.96. The van der Waals surface area contributed by atoms with Crippen molar-refractivity contribution in [2.24, 2.45) is 0 Å². The summed E-state index contributed by atoms with van der Waals surface area (Å²) in [5, 5.41) is 12.2. The molecule has 9 heteroatoms. The smallest absolute Gasteiger partial charge is 0.373 e. The molecule has 0 radical (unpaired) electrons. The number of imidazole rings is 1. The molecule has 1 atom stereocenters. The van der Waals surface area contributed by atoms with E-state index in [1.54, 1.807) is 19.5 Å². The second-order valence-electron chi connectivity index (χ2n) is 7.23. The van der Waals surface area contributed by atoms with E-state index in [2.05, 4.69) is 20.2 Å². The fraction of sp³-hybridized carbons (Fsp3) is 0.450. The lowest BCUT2D eigenvalue weighted by molar-refractivity contribution is -0.0298. The normalized spacial score (nSPS) is 16.8. The molecule has 152 valence electrons. The van der Waals surface area contributed by atoms with Crippen molar-refractivity contribution in [2.45, 2.75) is 38.7 Å². The van der Waals surface area contributed by atoms with Gasteiger partial charge in [0.2, 0.25) is 0 Å². The maximum Gasteiger partial charge on any atom is 0.373 e. The highest BCUT2D eigenvalue weighted by molar-refractivity contribution is 6.45. The first-order chi connectivity index (χ1) is 14.2. The van der Waals surface area contributed by atoms with Crippen LogP contribution in [0.25, 0.3) is 22.4 Å². The van der Waals surface area contributed by atoms with Gasteiger partial charge in [0.15, 0.2) is 5.65 Å². The van der Waals surface area contributed by atoms with Crippen molar-refractivity contribution in [1.82, 2.24) is 24.7 Å². The highest BCUT2D eigenvalue weighted by Crippen LogP contribution is 2.30. The number of fused-ring (bicyclic) bond motifs is 1. The molecule has 0 aliphatic carbocycles. The fourth-order valence-electron chi connectivity index (χ4n) is 3.52. The first kappa shape index (κ1) is 19.8. The first-order valence-electron chi connectivity index (χ1n) is 10.2. The largest absolute Gasteiger partial charge is 0.494 e. The van der Waals surface area contributed by atoms with Crippen LogP contribution in [0.4, 0.5) is 0 Å².